The van der Waals surface area contributed by atoms with Gasteiger partial charge in [-0.3, -0.25) is 0 Å². The van der Waals surface area contributed by atoms with E-state index in [0.29, 0.717) is 10.7 Å². The lowest BCUT2D eigenvalue weighted by Crippen LogP contribution is -1.97. The van der Waals surface area contributed by atoms with E-state index in [1.165, 1.54) is 0 Å². The first-order valence-electron chi connectivity index (χ1n) is 5.01. The second kappa shape index (κ2) is 4.94. The van der Waals surface area contributed by atoms with Crippen LogP contribution in [0, 0.1) is 6.92 Å². The molecule has 1 aromatic carbocycles. The molecule has 5 heteroatoms. The molecule has 1 aromatic heterocycles. The first-order valence-corrected chi connectivity index (χ1v) is 6.18. The van der Waals surface area contributed by atoms with Crippen molar-refractivity contribution in [3.05, 3.63) is 45.5 Å². The molecule has 0 bridgehead atoms. The maximum absolute atomic E-state index is 6.08. The van der Waals surface area contributed by atoms with Gasteiger partial charge >= 0.3 is 0 Å². The summed E-state index contributed by atoms with van der Waals surface area (Å²) in [4.78, 5) is 4.25. The topological polar surface area (TPSA) is 50.9 Å². The number of benzene rings is 1. The Morgan fingerprint density at radius 2 is 2.12 bits per heavy atom. The highest BCUT2D eigenvalue weighted by Gasteiger charge is 2.07. The van der Waals surface area contributed by atoms with Gasteiger partial charge in [-0.2, -0.15) is 0 Å². The Labute approximate surface area is 113 Å². The van der Waals surface area contributed by atoms with E-state index in [-0.39, 0.29) is 0 Å². The highest BCUT2D eigenvalue weighted by molar-refractivity contribution is 9.10. The van der Waals surface area contributed by atoms with Crippen LogP contribution in [0.3, 0.4) is 0 Å². The summed E-state index contributed by atoms with van der Waals surface area (Å²) in [6.45, 7) is 2.00. The van der Waals surface area contributed by atoms with Crippen LogP contribution < -0.4 is 11.1 Å². The van der Waals surface area contributed by atoms with E-state index in [1.54, 1.807) is 24.4 Å². The molecule has 0 spiro atoms. The molecule has 0 aliphatic carbocycles. The number of nitrogen functional groups attached to an aromatic ring is 1. The zero-order valence-electron chi connectivity index (χ0n) is 9.17. The van der Waals surface area contributed by atoms with E-state index < -0.39 is 0 Å². The van der Waals surface area contributed by atoms with Crippen LogP contribution in [-0.4, -0.2) is 4.98 Å². The van der Waals surface area contributed by atoms with Crippen molar-refractivity contribution in [1.82, 2.24) is 4.98 Å². The van der Waals surface area contributed by atoms with Gasteiger partial charge in [-0.05, 0) is 52.7 Å². The molecular weight excluding hydrogens is 302 g/mol. The minimum absolute atomic E-state index is 0.606. The molecule has 0 unspecified atom stereocenters. The molecule has 0 amide bonds. The average molecular weight is 313 g/mol. The van der Waals surface area contributed by atoms with E-state index in [0.717, 1.165) is 21.5 Å². The van der Waals surface area contributed by atoms with Crippen molar-refractivity contribution in [2.45, 2.75) is 6.92 Å². The van der Waals surface area contributed by atoms with Gasteiger partial charge in [-0.25, -0.2) is 4.98 Å². The number of rotatable bonds is 2. The number of anilines is 3. The van der Waals surface area contributed by atoms with Crippen LogP contribution in [0.15, 0.2) is 34.9 Å². The maximum Gasteiger partial charge on any atom is 0.144 e. The molecule has 0 atom stereocenters. The summed E-state index contributed by atoms with van der Waals surface area (Å²) in [5.74, 6) is 0.720. The molecule has 0 aliphatic rings. The summed E-state index contributed by atoms with van der Waals surface area (Å²) in [6, 6.07) is 7.21. The molecule has 2 aromatic rings. The fourth-order valence-corrected chi connectivity index (χ4v) is 1.89. The largest absolute Gasteiger partial charge is 0.399 e. The van der Waals surface area contributed by atoms with Crippen LogP contribution in [0.25, 0.3) is 0 Å². The van der Waals surface area contributed by atoms with Gasteiger partial charge in [0.25, 0.3) is 0 Å². The predicted octanol–water partition coefficient (Wildman–Crippen LogP) is 4.13. The first kappa shape index (κ1) is 12.2. The van der Waals surface area contributed by atoms with Gasteiger partial charge in [0, 0.05) is 11.9 Å². The number of halogens is 2. The van der Waals surface area contributed by atoms with E-state index >= 15 is 0 Å². The van der Waals surface area contributed by atoms with Gasteiger partial charge in [0.1, 0.15) is 5.82 Å². The Morgan fingerprint density at radius 3 is 2.88 bits per heavy atom. The second-order valence-electron chi connectivity index (χ2n) is 3.65. The average Bonchev–Trinajstić information content (AvgIpc) is 2.30. The second-order valence-corrected chi connectivity index (χ2v) is 4.85. The summed E-state index contributed by atoms with van der Waals surface area (Å²) >= 11 is 9.56. The third kappa shape index (κ3) is 2.70. The lowest BCUT2D eigenvalue weighted by Gasteiger charge is -2.11. The van der Waals surface area contributed by atoms with E-state index in [9.17, 15) is 0 Å². The van der Waals surface area contributed by atoms with Gasteiger partial charge in [0.05, 0.1) is 15.2 Å². The van der Waals surface area contributed by atoms with Crippen LogP contribution in [0.2, 0.25) is 5.02 Å². The lowest BCUT2D eigenvalue weighted by atomic mass is 10.2. The highest BCUT2D eigenvalue weighted by atomic mass is 79.9. The highest BCUT2D eigenvalue weighted by Crippen LogP contribution is 2.31. The van der Waals surface area contributed by atoms with Gasteiger partial charge in [0.15, 0.2) is 0 Å². The smallest absolute Gasteiger partial charge is 0.144 e. The summed E-state index contributed by atoms with van der Waals surface area (Å²) in [7, 11) is 0. The first-order chi connectivity index (χ1) is 8.08. The number of aromatic nitrogens is 1. The zero-order chi connectivity index (χ0) is 12.4. The minimum atomic E-state index is 0.606. The molecule has 3 N–H and O–H groups in total. The number of hydrogen-bond donors (Lipinski definition) is 2. The third-order valence-electron chi connectivity index (χ3n) is 2.33. The Kier molecular flexibility index (Phi) is 3.54. The van der Waals surface area contributed by atoms with Gasteiger partial charge in [-0.1, -0.05) is 11.6 Å². The molecule has 17 heavy (non-hydrogen) atoms. The third-order valence-corrected chi connectivity index (χ3v) is 3.66. The number of nitrogens with one attached hydrogen (secondary N) is 1. The van der Waals surface area contributed by atoms with Crippen molar-refractivity contribution in [2.24, 2.45) is 0 Å². The molecule has 3 nitrogen and oxygen atoms in total. The van der Waals surface area contributed by atoms with E-state index in [2.05, 4.69) is 26.2 Å². The SMILES string of the molecule is Cc1ccnc(Nc2cc(N)ccc2Cl)c1Br. The van der Waals surface area contributed by atoms with Gasteiger partial charge < -0.3 is 11.1 Å². The minimum Gasteiger partial charge on any atom is -0.399 e. The number of pyridine rings is 1. The maximum atomic E-state index is 6.08. The van der Waals surface area contributed by atoms with Crippen molar-refractivity contribution < 1.29 is 0 Å². The van der Waals surface area contributed by atoms with E-state index in [4.69, 9.17) is 17.3 Å². The molecule has 0 radical (unpaired) electrons. The van der Waals surface area contributed by atoms with Crippen molar-refractivity contribution >= 4 is 44.7 Å². The number of nitrogens with two attached hydrogens (primary N) is 1. The fourth-order valence-electron chi connectivity index (χ4n) is 1.39. The zero-order valence-corrected chi connectivity index (χ0v) is 11.5. The molecule has 88 valence electrons. The monoisotopic (exact) mass is 311 g/mol. The summed E-state index contributed by atoms with van der Waals surface area (Å²) < 4.78 is 0.915. The van der Waals surface area contributed by atoms with Gasteiger partial charge in [0.2, 0.25) is 0 Å². The van der Waals surface area contributed by atoms with Crippen LogP contribution in [-0.2, 0) is 0 Å². The lowest BCUT2D eigenvalue weighted by molar-refractivity contribution is 1.25. The van der Waals surface area contributed by atoms with Crippen LogP contribution in [0.1, 0.15) is 5.56 Å². The molecule has 1 heterocycles. The van der Waals surface area contributed by atoms with Gasteiger partial charge in [-0.15, -0.1) is 0 Å². The summed E-state index contributed by atoms with van der Waals surface area (Å²) in [5.41, 5.74) is 8.21. The fraction of sp³-hybridized carbons (Fsp3) is 0.0833. The Hall–Kier alpha value is -1.26. The standard InChI is InChI=1S/C12H11BrClN3/c1-7-4-5-16-12(11(7)13)17-10-6-8(15)2-3-9(10)14/h2-6H,15H2,1H3,(H,16,17). The summed E-state index contributed by atoms with van der Waals surface area (Å²) in [5, 5.41) is 3.76. The van der Waals surface area contributed by atoms with E-state index in [1.807, 2.05) is 13.0 Å². The van der Waals surface area contributed by atoms with Crippen molar-refractivity contribution in [1.29, 1.82) is 0 Å². The van der Waals surface area contributed by atoms with Crippen molar-refractivity contribution in [2.75, 3.05) is 11.1 Å². The predicted molar refractivity (Wildman–Crippen MR) is 75.8 cm³/mol. The Morgan fingerprint density at radius 1 is 1.35 bits per heavy atom. The molecule has 0 fully saturated rings. The van der Waals surface area contributed by atoms with Crippen molar-refractivity contribution in [3.63, 3.8) is 0 Å². The Bertz CT molecular complexity index is 557. The number of nitrogens with zero attached hydrogens (tertiary/aromatic N) is 1. The molecule has 0 aliphatic heterocycles. The molecule has 2 rings (SSSR count). The Balaban J connectivity index is 2.38. The number of aryl methyl sites for hydroxylation is 1. The van der Waals surface area contributed by atoms with Crippen LogP contribution >= 0.6 is 27.5 Å². The number of hydrogen-bond acceptors (Lipinski definition) is 3. The van der Waals surface area contributed by atoms with Crippen LogP contribution in [0.5, 0.6) is 0 Å². The normalized spacial score (nSPS) is 10.3. The van der Waals surface area contributed by atoms with Crippen LogP contribution in [0.4, 0.5) is 17.2 Å². The molecule has 0 saturated carbocycles. The summed E-state index contributed by atoms with van der Waals surface area (Å²) in [6.07, 6.45) is 1.74. The molecule has 0 saturated heterocycles. The quantitative estimate of drug-likeness (QED) is 0.820. The van der Waals surface area contributed by atoms with Crippen molar-refractivity contribution in [3.8, 4) is 0 Å². The molecular formula is C12H11BrClN3.